The Morgan fingerprint density at radius 1 is 0.357 bits per heavy atom. The maximum absolute atomic E-state index is 2.40. The monoisotopic (exact) mass is 534 g/mol. The number of hydrogen-bond acceptors (Lipinski definition) is 0. The minimum atomic E-state index is 1.02. The fraction of sp³-hybridized carbons (Fsp3) is 0.0476. The van der Waals surface area contributed by atoms with Gasteiger partial charge in [-0.1, -0.05) is 146 Å². The minimum Gasteiger partial charge on any atom is -0.0622 e. The summed E-state index contributed by atoms with van der Waals surface area (Å²) in [4.78, 5) is 0. The van der Waals surface area contributed by atoms with Gasteiger partial charge in [0.15, 0.2) is 0 Å². The zero-order valence-corrected chi connectivity index (χ0v) is 23.6. The molecule has 42 heavy (non-hydrogen) atoms. The third-order valence-electron chi connectivity index (χ3n) is 8.83. The van der Waals surface area contributed by atoms with Crippen molar-refractivity contribution in [2.24, 2.45) is 0 Å². The van der Waals surface area contributed by atoms with Crippen LogP contribution in [0.15, 0.2) is 152 Å². The zero-order chi connectivity index (χ0) is 28.0. The topological polar surface area (TPSA) is 0 Å². The van der Waals surface area contributed by atoms with E-state index in [0.29, 0.717) is 0 Å². The van der Waals surface area contributed by atoms with Gasteiger partial charge in [0.2, 0.25) is 0 Å². The van der Waals surface area contributed by atoms with Crippen molar-refractivity contribution in [1.29, 1.82) is 0 Å². The normalized spacial score (nSPS) is 11.5. The van der Waals surface area contributed by atoms with Crippen molar-refractivity contribution in [3.63, 3.8) is 0 Å². The highest BCUT2D eigenvalue weighted by Gasteiger charge is 2.20. The van der Waals surface area contributed by atoms with Crippen LogP contribution in [0.2, 0.25) is 0 Å². The second kappa shape index (κ2) is 10.0. The number of fused-ring (bicyclic) bond motifs is 4. The first-order valence-electron chi connectivity index (χ1n) is 14.8. The van der Waals surface area contributed by atoms with Crippen LogP contribution in [0.5, 0.6) is 0 Å². The van der Waals surface area contributed by atoms with Gasteiger partial charge in [0, 0.05) is 0 Å². The quantitative estimate of drug-likeness (QED) is 0.197. The molecule has 0 heterocycles. The van der Waals surface area contributed by atoms with Gasteiger partial charge in [-0.2, -0.15) is 0 Å². The van der Waals surface area contributed by atoms with Gasteiger partial charge in [-0.15, -0.1) is 0 Å². The standard InChI is InChI=1S/C42H30/c1-2-28-24-25-39(34-19-9-8-17-32(28)34)41-35-20-10-12-22-37(35)42(38-23-13-11-21-36(38)41)40-27-31(29-14-4-3-5-15-29)26-30-16-6-7-18-33(30)40/h3-27H,2H2,1H3. The lowest BCUT2D eigenvalue weighted by Crippen LogP contribution is -1.94. The molecule has 0 aliphatic rings. The summed E-state index contributed by atoms with van der Waals surface area (Å²) in [5, 5.41) is 10.3. The molecule has 0 atom stereocenters. The van der Waals surface area contributed by atoms with Gasteiger partial charge in [0.1, 0.15) is 0 Å². The fourth-order valence-corrected chi connectivity index (χ4v) is 6.91. The van der Waals surface area contributed by atoms with E-state index in [-0.39, 0.29) is 0 Å². The molecule has 0 fully saturated rings. The molecule has 0 aromatic heterocycles. The van der Waals surface area contributed by atoms with Gasteiger partial charge in [0.05, 0.1) is 0 Å². The van der Waals surface area contributed by atoms with Crippen molar-refractivity contribution in [2.75, 3.05) is 0 Å². The molecular weight excluding hydrogens is 504 g/mol. The lowest BCUT2D eigenvalue weighted by molar-refractivity contribution is 1.16. The summed E-state index contributed by atoms with van der Waals surface area (Å²) < 4.78 is 0. The highest BCUT2D eigenvalue weighted by Crippen LogP contribution is 2.47. The average molecular weight is 535 g/mol. The van der Waals surface area contributed by atoms with Crippen molar-refractivity contribution in [1.82, 2.24) is 0 Å². The molecule has 0 radical (unpaired) electrons. The number of hydrogen-bond donors (Lipinski definition) is 0. The van der Waals surface area contributed by atoms with Gasteiger partial charge in [-0.3, -0.25) is 0 Å². The van der Waals surface area contributed by atoms with Crippen LogP contribution in [0.4, 0.5) is 0 Å². The summed E-state index contributed by atoms with van der Waals surface area (Å²) in [5.41, 5.74) is 9.05. The van der Waals surface area contributed by atoms with E-state index in [2.05, 4.69) is 159 Å². The predicted molar refractivity (Wildman–Crippen MR) is 182 cm³/mol. The highest BCUT2D eigenvalue weighted by atomic mass is 14.2. The summed E-state index contributed by atoms with van der Waals surface area (Å²) in [6, 6.07) is 55.9. The molecule has 0 bridgehead atoms. The molecule has 0 heteroatoms. The van der Waals surface area contributed by atoms with Crippen molar-refractivity contribution in [3.05, 3.63) is 157 Å². The predicted octanol–water partition coefficient (Wildman–Crippen LogP) is 11.9. The molecule has 0 saturated carbocycles. The Bertz CT molecular complexity index is 2210. The van der Waals surface area contributed by atoms with Gasteiger partial charge < -0.3 is 0 Å². The molecule has 8 aromatic carbocycles. The molecule has 198 valence electrons. The highest BCUT2D eigenvalue weighted by molar-refractivity contribution is 6.25. The Balaban J connectivity index is 1.53. The summed E-state index contributed by atoms with van der Waals surface area (Å²) >= 11 is 0. The Labute approximate surface area is 246 Å². The molecule has 0 aliphatic heterocycles. The molecule has 8 rings (SSSR count). The summed E-state index contributed by atoms with van der Waals surface area (Å²) in [6.45, 7) is 2.24. The van der Waals surface area contributed by atoms with Gasteiger partial charge in [-0.25, -0.2) is 0 Å². The van der Waals surface area contributed by atoms with E-state index in [4.69, 9.17) is 0 Å². The van der Waals surface area contributed by atoms with Crippen LogP contribution < -0.4 is 0 Å². The molecule has 0 amide bonds. The van der Waals surface area contributed by atoms with Crippen molar-refractivity contribution < 1.29 is 0 Å². The molecule has 8 aromatic rings. The zero-order valence-electron chi connectivity index (χ0n) is 23.6. The van der Waals surface area contributed by atoms with Crippen molar-refractivity contribution >= 4 is 43.1 Å². The largest absolute Gasteiger partial charge is 0.0622 e. The van der Waals surface area contributed by atoms with Crippen LogP contribution in [0.3, 0.4) is 0 Å². The number of aryl methyl sites for hydroxylation is 1. The van der Waals surface area contributed by atoms with Crippen LogP contribution in [-0.4, -0.2) is 0 Å². The Morgan fingerprint density at radius 2 is 0.857 bits per heavy atom. The third-order valence-corrected chi connectivity index (χ3v) is 8.83. The second-order valence-corrected chi connectivity index (χ2v) is 11.1. The SMILES string of the molecule is CCc1ccc(-c2c3ccccc3c(-c3cc(-c4ccccc4)cc4ccccc34)c3ccccc23)c2ccccc12. The molecule has 0 aliphatic carbocycles. The van der Waals surface area contributed by atoms with Gasteiger partial charge in [0.25, 0.3) is 0 Å². The van der Waals surface area contributed by atoms with E-state index in [1.165, 1.54) is 82.0 Å². The van der Waals surface area contributed by atoms with E-state index in [1.807, 2.05) is 0 Å². The van der Waals surface area contributed by atoms with Gasteiger partial charge >= 0.3 is 0 Å². The van der Waals surface area contributed by atoms with E-state index >= 15 is 0 Å². The number of rotatable bonds is 4. The smallest absolute Gasteiger partial charge is 0.00199 e. The number of benzene rings is 8. The third kappa shape index (κ3) is 3.84. The first kappa shape index (κ1) is 24.6. The summed E-state index contributed by atoms with van der Waals surface area (Å²) in [6.07, 6.45) is 1.02. The van der Waals surface area contributed by atoms with E-state index in [0.717, 1.165) is 6.42 Å². The summed E-state index contributed by atoms with van der Waals surface area (Å²) in [5.74, 6) is 0. The Hall–Kier alpha value is -5.20. The van der Waals surface area contributed by atoms with Crippen LogP contribution in [0.1, 0.15) is 12.5 Å². The molecule has 0 saturated heterocycles. The first-order chi connectivity index (χ1) is 20.8. The summed E-state index contributed by atoms with van der Waals surface area (Å²) in [7, 11) is 0. The minimum absolute atomic E-state index is 1.02. The van der Waals surface area contributed by atoms with E-state index in [9.17, 15) is 0 Å². The molecular formula is C42H30. The van der Waals surface area contributed by atoms with Crippen molar-refractivity contribution in [2.45, 2.75) is 13.3 Å². The fourth-order valence-electron chi connectivity index (χ4n) is 6.91. The van der Waals surface area contributed by atoms with Crippen LogP contribution in [-0.2, 0) is 6.42 Å². The van der Waals surface area contributed by atoms with E-state index in [1.54, 1.807) is 0 Å². The first-order valence-corrected chi connectivity index (χ1v) is 14.8. The lowest BCUT2D eigenvalue weighted by Gasteiger charge is -2.21. The molecule has 0 spiro atoms. The van der Waals surface area contributed by atoms with Crippen LogP contribution in [0.25, 0.3) is 76.5 Å². The van der Waals surface area contributed by atoms with E-state index < -0.39 is 0 Å². The van der Waals surface area contributed by atoms with Crippen LogP contribution in [0, 0.1) is 0 Å². The molecule has 0 N–H and O–H groups in total. The van der Waals surface area contributed by atoms with Crippen molar-refractivity contribution in [3.8, 4) is 33.4 Å². The maximum Gasteiger partial charge on any atom is -0.00199 e. The maximum atomic E-state index is 2.40. The Morgan fingerprint density at radius 3 is 1.48 bits per heavy atom. The average Bonchev–Trinajstić information content (AvgIpc) is 3.07. The molecule has 0 unspecified atom stereocenters. The lowest BCUT2D eigenvalue weighted by atomic mass is 9.82. The Kier molecular flexibility index (Phi) is 5.86. The van der Waals surface area contributed by atoms with Gasteiger partial charge in [-0.05, 0) is 101 Å². The van der Waals surface area contributed by atoms with Crippen LogP contribution >= 0.6 is 0 Å². The molecule has 0 nitrogen and oxygen atoms in total. The second-order valence-electron chi connectivity index (χ2n) is 11.1.